The number of hydrogen-bond acceptors (Lipinski definition) is 5. The maximum absolute atomic E-state index is 12.1. The quantitative estimate of drug-likeness (QED) is 0.851. The van der Waals surface area contributed by atoms with Crippen molar-refractivity contribution in [3.05, 3.63) is 38.0 Å². The monoisotopic (exact) mass is 306 g/mol. The maximum Gasteiger partial charge on any atom is 0.262 e. The Balaban J connectivity index is 1.99. The minimum Gasteiger partial charge on any atom is -0.395 e. The van der Waals surface area contributed by atoms with Gasteiger partial charge < -0.3 is 10.4 Å². The van der Waals surface area contributed by atoms with E-state index in [1.807, 2.05) is 23.8 Å². The highest BCUT2D eigenvalue weighted by Crippen LogP contribution is 2.16. The predicted molar refractivity (Wildman–Crippen MR) is 80.9 cm³/mol. The Bertz CT molecular complexity index is 649. The number of nitrogens with one attached hydrogen (secondary N) is 1. The van der Waals surface area contributed by atoms with Gasteiger partial charge in [-0.25, -0.2) is 4.98 Å². The van der Waals surface area contributed by atoms with Crippen LogP contribution in [0.5, 0.6) is 0 Å². The first kappa shape index (κ1) is 14.7. The van der Waals surface area contributed by atoms with Gasteiger partial charge in [-0.15, -0.1) is 22.7 Å². The van der Waals surface area contributed by atoms with Crippen LogP contribution in [-0.2, 0) is 6.54 Å². The van der Waals surface area contributed by atoms with E-state index in [0.717, 1.165) is 10.7 Å². The van der Waals surface area contributed by atoms with Crippen molar-refractivity contribution in [2.45, 2.75) is 19.9 Å². The van der Waals surface area contributed by atoms with E-state index in [1.165, 1.54) is 22.7 Å². The third kappa shape index (κ3) is 3.90. The molecule has 2 aromatic rings. The number of carbonyl (C=O) groups is 1. The summed E-state index contributed by atoms with van der Waals surface area (Å²) in [5.74, 6) is 5.59. The van der Waals surface area contributed by atoms with Crippen LogP contribution >= 0.6 is 22.7 Å². The van der Waals surface area contributed by atoms with Crippen LogP contribution < -0.4 is 5.32 Å². The summed E-state index contributed by atoms with van der Waals surface area (Å²) in [6.07, 6.45) is 0.412. The second-order valence-electron chi connectivity index (χ2n) is 4.00. The van der Waals surface area contributed by atoms with Crippen molar-refractivity contribution in [1.29, 1.82) is 0 Å². The molecule has 0 radical (unpaired) electrons. The normalized spacial score (nSPS) is 9.90. The summed E-state index contributed by atoms with van der Waals surface area (Å²) in [4.78, 5) is 17.0. The second kappa shape index (κ2) is 7.20. The van der Waals surface area contributed by atoms with E-state index in [2.05, 4.69) is 22.1 Å². The van der Waals surface area contributed by atoms with E-state index in [4.69, 9.17) is 5.11 Å². The van der Waals surface area contributed by atoms with Crippen molar-refractivity contribution in [3.63, 3.8) is 0 Å². The summed E-state index contributed by atoms with van der Waals surface area (Å²) in [5.41, 5.74) is 1.67. The molecule has 0 saturated carbocycles. The number of carbonyl (C=O) groups excluding carboxylic acids is 1. The van der Waals surface area contributed by atoms with Crippen molar-refractivity contribution < 1.29 is 9.90 Å². The minimum atomic E-state index is -0.138. The summed E-state index contributed by atoms with van der Waals surface area (Å²) in [7, 11) is 0. The number of aliphatic hydroxyl groups excluding tert-OH is 1. The van der Waals surface area contributed by atoms with Crippen molar-refractivity contribution >= 4 is 28.6 Å². The van der Waals surface area contributed by atoms with E-state index in [9.17, 15) is 4.79 Å². The van der Waals surface area contributed by atoms with Crippen LogP contribution in [0.2, 0.25) is 0 Å². The first-order chi connectivity index (χ1) is 9.70. The molecule has 2 aromatic heterocycles. The Morgan fingerprint density at radius 1 is 1.50 bits per heavy atom. The van der Waals surface area contributed by atoms with Crippen molar-refractivity contribution in [3.8, 4) is 11.8 Å². The van der Waals surface area contributed by atoms with Crippen molar-refractivity contribution in [2.75, 3.05) is 6.61 Å². The third-order valence-corrected chi connectivity index (χ3v) is 4.28. The second-order valence-corrected chi connectivity index (χ2v) is 5.86. The summed E-state index contributed by atoms with van der Waals surface area (Å²) in [6.45, 7) is 2.39. The molecule has 0 aliphatic heterocycles. The van der Waals surface area contributed by atoms with E-state index in [-0.39, 0.29) is 12.5 Å². The van der Waals surface area contributed by atoms with Gasteiger partial charge in [-0.05, 0) is 18.4 Å². The summed E-state index contributed by atoms with van der Waals surface area (Å²) < 4.78 is 0. The Hall–Kier alpha value is -1.68. The maximum atomic E-state index is 12.1. The molecule has 0 aliphatic rings. The van der Waals surface area contributed by atoms with Crippen LogP contribution in [0, 0.1) is 18.8 Å². The number of thiophene rings is 1. The molecule has 20 heavy (non-hydrogen) atoms. The lowest BCUT2D eigenvalue weighted by molar-refractivity contribution is 0.0954. The molecule has 2 N–H and O–H groups in total. The lowest BCUT2D eigenvalue weighted by Crippen LogP contribution is -2.22. The van der Waals surface area contributed by atoms with Gasteiger partial charge in [0.1, 0.15) is 9.88 Å². The van der Waals surface area contributed by atoms with Gasteiger partial charge in [-0.2, -0.15) is 0 Å². The topological polar surface area (TPSA) is 62.2 Å². The van der Waals surface area contributed by atoms with E-state index < -0.39 is 0 Å². The average molecular weight is 306 g/mol. The van der Waals surface area contributed by atoms with Crippen LogP contribution in [0.4, 0.5) is 0 Å². The molecule has 6 heteroatoms. The highest BCUT2D eigenvalue weighted by molar-refractivity contribution is 7.12. The predicted octanol–water partition coefficient (Wildman–Crippen LogP) is 2.18. The fourth-order valence-electron chi connectivity index (χ4n) is 1.52. The summed E-state index contributed by atoms with van der Waals surface area (Å²) >= 11 is 2.89. The zero-order chi connectivity index (χ0) is 14.4. The van der Waals surface area contributed by atoms with Crippen LogP contribution in [0.15, 0.2) is 16.8 Å². The first-order valence-electron chi connectivity index (χ1n) is 6.07. The Morgan fingerprint density at radius 3 is 3.05 bits per heavy atom. The van der Waals surface area contributed by atoms with Gasteiger partial charge in [0.15, 0.2) is 0 Å². The van der Waals surface area contributed by atoms with Crippen LogP contribution in [0.25, 0.3) is 0 Å². The molecule has 0 bridgehead atoms. The lowest BCUT2D eigenvalue weighted by atomic mass is 10.2. The molecule has 104 valence electrons. The number of aliphatic hydroxyl groups is 1. The van der Waals surface area contributed by atoms with Gasteiger partial charge in [0.25, 0.3) is 5.91 Å². The molecule has 0 aromatic carbocycles. The number of thiazole rings is 1. The fourth-order valence-corrected chi connectivity index (χ4v) is 2.99. The van der Waals surface area contributed by atoms with Gasteiger partial charge >= 0.3 is 0 Å². The number of hydrogen-bond donors (Lipinski definition) is 2. The SMILES string of the molecule is Cc1csc(CNC(=O)c2sccc2C#CCCO)n1. The molecule has 0 saturated heterocycles. The number of aryl methyl sites for hydroxylation is 1. The van der Waals surface area contributed by atoms with Gasteiger partial charge in [0.2, 0.25) is 0 Å². The largest absolute Gasteiger partial charge is 0.395 e. The summed E-state index contributed by atoms with van der Waals surface area (Å²) in [6, 6.07) is 1.82. The molecule has 0 aliphatic carbocycles. The average Bonchev–Trinajstić information content (AvgIpc) is 3.05. The standard InChI is InChI=1S/C14H14N2O2S2/c1-10-9-20-12(16-10)8-15-14(18)13-11(5-7-19-13)4-2-3-6-17/h5,7,9,17H,3,6,8H2,1H3,(H,15,18). The molecule has 4 nitrogen and oxygen atoms in total. The molecule has 0 unspecified atom stereocenters. The summed E-state index contributed by atoms with van der Waals surface area (Å²) in [5, 5.41) is 16.2. The van der Waals surface area contributed by atoms with E-state index in [1.54, 1.807) is 0 Å². The molecule has 0 fully saturated rings. The molecule has 0 spiro atoms. The van der Waals surface area contributed by atoms with Crippen LogP contribution in [0.3, 0.4) is 0 Å². The number of rotatable bonds is 4. The smallest absolute Gasteiger partial charge is 0.262 e. The molecule has 0 atom stereocenters. The van der Waals surface area contributed by atoms with Crippen molar-refractivity contribution in [1.82, 2.24) is 10.3 Å². The molecular weight excluding hydrogens is 292 g/mol. The number of nitrogens with zero attached hydrogens (tertiary/aromatic N) is 1. The fraction of sp³-hybridized carbons (Fsp3) is 0.286. The molecule has 2 heterocycles. The highest BCUT2D eigenvalue weighted by atomic mass is 32.1. The third-order valence-electron chi connectivity index (χ3n) is 2.40. The van der Waals surface area contributed by atoms with E-state index >= 15 is 0 Å². The highest BCUT2D eigenvalue weighted by Gasteiger charge is 2.12. The zero-order valence-electron chi connectivity index (χ0n) is 11.0. The molecular formula is C14H14N2O2S2. The number of aromatic nitrogens is 1. The Morgan fingerprint density at radius 2 is 2.35 bits per heavy atom. The Labute approximate surface area is 125 Å². The van der Waals surface area contributed by atoms with Crippen molar-refractivity contribution in [2.24, 2.45) is 0 Å². The van der Waals surface area contributed by atoms with Crippen LogP contribution in [-0.4, -0.2) is 22.6 Å². The minimum absolute atomic E-state index is 0.0298. The van der Waals surface area contributed by atoms with Gasteiger partial charge in [-0.1, -0.05) is 11.8 Å². The Kier molecular flexibility index (Phi) is 5.30. The van der Waals surface area contributed by atoms with E-state index in [0.29, 0.717) is 23.4 Å². The van der Waals surface area contributed by atoms with Gasteiger partial charge in [-0.3, -0.25) is 4.79 Å². The zero-order valence-corrected chi connectivity index (χ0v) is 12.6. The van der Waals surface area contributed by atoms with Gasteiger partial charge in [0.05, 0.1) is 13.2 Å². The van der Waals surface area contributed by atoms with Gasteiger partial charge in [0, 0.05) is 23.1 Å². The molecule has 1 amide bonds. The lowest BCUT2D eigenvalue weighted by Gasteiger charge is -2.01. The van der Waals surface area contributed by atoms with Crippen LogP contribution in [0.1, 0.15) is 32.4 Å². The first-order valence-corrected chi connectivity index (χ1v) is 7.83. The molecule has 2 rings (SSSR count). The number of amides is 1.